The molecule has 0 saturated carbocycles. The summed E-state index contributed by atoms with van der Waals surface area (Å²) >= 11 is 5.48. The Hall–Kier alpha value is -1.15. The van der Waals surface area contributed by atoms with E-state index in [-0.39, 0.29) is 5.69 Å². The largest absolute Gasteiger partial charge is 0.631 e. The predicted molar refractivity (Wildman–Crippen MR) is 50.5 cm³/mol. The van der Waals surface area contributed by atoms with Gasteiger partial charge in [0.15, 0.2) is 0 Å². The van der Waals surface area contributed by atoms with E-state index in [2.05, 4.69) is 0 Å². The van der Waals surface area contributed by atoms with E-state index in [0.717, 1.165) is 0 Å². The highest BCUT2D eigenvalue weighted by molar-refractivity contribution is 6.30. The van der Waals surface area contributed by atoms with Gasteiger partial charge in [-0.25, -0.2) is 0 Å². The van der Waals surface area contributed by atoms with Crippen LogP contribution in [0.25, 0.3) is 0 Å². The van der Waals surface area contributed by atoms with Crippen LogP contribution < -0.4 is 0 Å². The minimum Gasteiger partial charge on any atom is -0.402 e. The van der Waals surface area contributed by atoms with E-state index in [9.17, 15) is 10.1 Å². The number of non-ortho nitro benzene ring substituents is 1. The molecule has 0 unspecified atom stereocenters. The minimum absolute atomic E-state index is 0.0208. The van der Waals surface area contributed by atoms with Crippen molar-refractivity contribution >= 4 is 24.6 Å². The summed E-state index contributed by atoms with van der Waals surface area (Å²) in [5, 5.41) is 32.0. The lowest BCUT2D eigenvalue weighted by molar-refractivity contribution is -0.384. The van der Waals surface area contributed by atoms with Gasteiger partial charge in [0.1, 0.15) is 0 Å². The zero-order chi connectivity index (χ0) is 11.1. The Bertz CT molecular complexity index is 305. The Morgan fingerprint density at radius 3 is 2.14 bits per heavy atom. The normalized spacial score (nSPS) is 8.57. The zero-order valence-corrected chi connectivity index (χ0v) is 7.63. The van der Waals surface area contributed by atoms with Crippen LogP contribution in [0.3, 0.4) is 0 Å². The Morgan fingerprint density at radius 2 is 1.86 bits per heavy atom. The molecule has 0 saturated heterocycles. The lowest BCUT2D eigenvalue weighted by Gasteiger charge is -1.89. The quantitative estimate of drug-likeness (QED) is 0.355. The third-order valence-electron chi connectivity index (χ3n) is 1.02. The van der Waals surface area contributed by atoms with Crippen molar-refractivity contribution in [2.75, 3.05) is 0 Å². The molecule has 0 heterocycles. The zero-order valence-electron chi connectivity index (χ0n) is 6.87. The van der Waals surface area contributed by atoms with Crippen LogP contribution in [0.4, 0.5) is 5.69 Å². The van der Waals surface area contributed by atoms with Gasteiger partial charge in [0.2, 0.25) is 0 Å². The average molecular weight is 219 g/mol. The van der Waals surface area contributed by atoms with E-state index in [0.29, 0.717) is 5.02 Å². The molecule has 6 nitrogen and oxygen atoms in total. The van der Waals surface area contributed by atoms with Gasteiger partial charge in [-0.1, -0.05) is 17.7 Å². The molecule has 0 radical (unpaired) electrons. The Balaban J connectivity index is 0.000000364. The first-order valence-electron chi connectivity index (χ1n) is 3.37. The lowest BCUT2D eigenvalue weighted by Crippen LogP contribution is -2.07. The number of benzene rings is 1. The minimum atomic E-state index is -2.17. The number of rotatable bonds is 1. The van der Waals surface area contributed by atoms with Crippen LogP contribution in [0.15, 0.2) is 24.3 Å². The molecule has 1 aromatic carbocycles. The summed E-state index contributed by atoms with van der Waals surface area (Å²) in [5.41, 5.74) is 0.0208. The molecule has 0 aliphatic carbocycles. The van der Waals surface area contributed by atoms with E-state index in [1.54, 1.807) is 12.1 Å². The second kappa shape index (κ2) is 6.33. The molecule has 14 heavy (non-hydrogen) atoms. The van der Waals surface area contributed by atoms with E-state index < -0.39 is 12.2 Å². The van der Waals surface area contributed by atoms with Crippen LogP contribution in [0.5, 0.6) is 0 Å². The van der Waals surface area contributed by atoms with Crippen molar-refractivity contribution in [3.63, 3.8) is 0 Å². The van der Waals surface area contributed by atoms with Crippen molar-refractivity contribution in [1.29, 1.82) is 0 Å². The van der Waals surface area contributed by atoms with E-state index in [4.69, 9.17) is 26.7 Å². The standard InChI is InChI=1S/C6H4ClNO2.BH3O3/c7-5-2-1-3-6(4-5)8(9)10;2-1(3)4/h1-4H;2-4H. The molecule has 0 amide bonds. The molecule has 0 atom stereocenters. The molecule has 0 aliphatic rings. The van der Waals surface area contributed by atoms with Crippen LogP contribution in [0, 0.1) is 10.1 Å². The smallest absolute Gasteiger partial charge is 0.402 e. The van der Waals surface area contributed by atoms with Crippen LogP contribution in [-0.2, 0) is 0 Å². The van der Waals surface area contributed by atoms with Crippen molar-refractivity contribution in [2.24, 2.45) is 0 Å². The van der Waals surface area contributed by atoms with Crippen LogP contribution in [-0.4, -0.2) is 27.3 Å². The average Bonchev–Trinajstić information content (AvgIpc) is 2.03. The lowest BCUT2D eigenvalue weighted by atomic mass is 10.3. The second-order valence-corrected chi connectivity index (χ2v) is 2.52. The molecule has 0 fully saturated rings. The number of nitro benzene ring substituents is 1. The molecular weight excluding hydrogens is 212 g/mol. The van der Waals surface area contributed by atoms with Gasteiger partial charge >= 0.3 is 7.32 Å². The molecule has 1 rings (SSSR count). The van der Waals surface area contributed by atoms with Crippen LogP contribution in [0.2, 0.25) is 5.02 Å². The van der Waals surface area contributed by atoms with Gasteiger partial charge in [-0.2, -0.15) is 0 Å². The van der Waals surface area contributed by atoms with Gasteiger partial charge in [0.25, 0.3) is 5.69 Å². The van der Waals surface area contributed by atoms with E-state index >= 15 is 0 Å². The van der Waals surface area contributed by atoms with Crippen molar-refractivity contribution in [2.45, 2.75) is 0 Å². The highest BCUT2D eigenvalue weighted by atomic mass is 35.5. The van der Waals surface area contributed by atoms with Gasteiger partial charge in [0, 0.05) is 17.2 Å². The first-order valence-corrected chi connectivity index (χ1v) is 3.75. The molecule has 0 spiro atoms. The maximum atomic E-state index is 10.1. The highest BCUT2D eigenvalue weighted by Gasteiger charge is 2.02. The third kappa shape index (κ3) is 6.38. The van der Waals surface area contributed by atoms with Gasteiger partial charge in [-0.15, -0.1) is 0 Å². The Kier molecular flexibility index (Phi) is 5.81. The van der Waals surface area contributed by atoms with Crippen LogP contribution >= 0.6 is 11.6 Å². The summed E-state index contributed by atoms with van der Waals surface area (Å²) in [5.74, 6) is 0. The van der Waals surface area contributed by atoms with Crippen molar-refractivity contribution < 1.29 is 20.0 Å². The van der Waals surface area contributed by atoms with Gasteiger partial charge in [-0.05, 0) is 6.07 Å². The number of hydrogen-bond donors (Lipinski definition) is 3. The summed E-state index contributed by atoms with van der Waals surface area (Å²) in [6, 6.07) is 5.84. The maximum Gasteiger partial charge on any atom is 0.631 e. The number of hydrogen-bond acceptors (Lipinski definition) is 5. The van der Waals surface area contributed by atoms with Crippen molar-refractivity contribution in [1.82, 2.24) is 0 Å². The molecule has 3 N–H and O–H groups in total. The fraction of sp³-hybridized carbons (Fsp3) is 0. The van der Waals surface area contributed by atoms with E-state index in [1.807, 2.05) is 0 Å². The van der Waals surface area contributed by atoms with Gasteiger partial charge in [-0.3, -0.25) is 10.1 Å². The first kappa shape index (κ1) is 12.9. The molecular formula is C6H7BClNO5. The fourth-order valence-corrected chi connectivity index (χ4v) is 0.774. The van der Waals surface area contributed by atoms with E-state index in [1.165, 1.54) is 12.1 Å². The Labute approximate surface area is 84.7 Å². The van der Waals surface area contributed by atoms with Crippen molar-refractivity contribution in [3.05, 3.63) is 39.4 Å². The summed E-state index contributed by atoms with van der Waals surface area (Å²) in [6.45, 7) is 0. The number of nitro groups is 1. The van der Waals surface area contributed by atoms with Gasteiger partial charge < -0.3 is 15.1 Å². The molecule has 0 aliphatic heterocycles. The summed E-state index contributed by atoms with van der Waals surface area (Å²) in [7, 11) is -2.17. The monoisotopic (exact) mass is 219 g/mol. The Morgan fingerprint density at radius 1 is 1.36 bits per heavy atom. The number of nitrogens with zero attached hydrogens (tertiary/aromatic N) is 1. The predicted octanol–water partition coefficient (Wildman–Crippen LogP) is 0.196. The van der Waals surface area contributed by atoms with Crippen LogP contribution in [0.1, 0.15) is 0 Å². The molecule has 0 bridgehead atoms. The molecule has 0 aromatic heterocycles. The second-order valence-electron chi connectivity index (χ2n) is 2.08. The topological polar surface area (TPSA) is 104 Å². The summed E-state index contributed by atoms with van der Waals surface area (Å²) < 4.78 is 0. The third-order valence-corrected chi connectivity index (χ3v) is 1.25. The molecule has 1 aromatic rings. The summed E-state index contributed by atoms with van der Waals surface area (Å²) in [4.78, 5) is 9.62. The van der Waals surface area contributed by atoms with Crippen molar-refractivity contribution in [3.8, 4) is 0 Å². The summed E-state index contributed by atoms with van der Waals surface area (Å²) in [6.07, 6.45) is 0. The number of halogens is 1. The first-order chi connectivity index (χ1) is 6.43. The SMILES string of the molecule is O=[N+]([O-])c1cccc(Cl)c1.OB(O)O. The maximum absolute atomic E-state index is 10.1. The molecule has 76 valence electrons. The highest BCUT2D eigenvalue weighted by Crippen LogP contribution is 2.16. The fourth-order valence-electron chi connectivity index (χ4n) is 0.590. The molecule has 8 heteroatoms. The van der Waals surface area contributed by atoms with Gasteiger partial charge in [0.05, 0.1) is 4.92 Å².